The minimum atomic E-state index is -1.55. The maximum atomic E-state index is 13.4. The lowest BCUT2D eigenvalue weighted by atomic mass is 9.97. The van der Waals surface area contributed by atoms with Crippen LogP contribution in [0.15, 0.2) is 57.8 Å². The van der Waals surface area contributed by atoms with Gasteiger partial charge in [-0.2, -0.15) is 0 Å². The lowest BCUT2D eigenvalue weighted by Crippen LogP contribution is -2.32. The van der Waals surface area contributed by atoms with Crippen molar-refractivity contribution in [1.29, 1.82) is 0 Å². The molecule has 202 valence electrons. The first-order valence-corrected chi connectivity index (χ1v) is 12.5. The maximum absolute atomic E-state index is 13.4. The summed E-state index contributed by atoms with van der Waals surface area (Å²) in [4.78, 5) is 34.6. The second-order valence-corrected chi connectivity index (χ2v) is 9.29. The minimum Gasteiger partial charge on any atom is -0.545 e. The van der Waals surface area contributed by atoms with E-state index in [9.17, 15) is 24.6 Å². The molecular formula is C29H32N2O7-2. The monoisotopic (exact) mass is 520 g/mol. The first kappa shape index (κ1) is 28.6. The maximum Gasteiger partial charge on any atom is 0.200 e. The molecule has 9 nitrogen and oxygen atoms in total. The van der Waals surface area contributed by atoms with Gasteiger partial charge >= 0.3 is 0 Å². The quantitative estimate of drug-likeness (QED) is 0.254. The normalized spacial score (nSPS) is 13.8. The highest BCUT2D eigenvalue weighted by Gasteiger charge is 2.26. The Morgan fingerprint density at radius 1 is 1.08 bits per heavy atom. The minimum absolute atomic E-state index is 0.00780. The molecule has 2 aromatic carbocycles. The van der Waals surface area contributed by atoms with E-state index >= 15 is 0 Å². The summed E-state index contributed by atoms with van der Waals surface area (Å²) in [7, 11) is 0. The lowest BCUT2D eigenvalue weighted by molar-refractivity contribution is -0.301. The van der Waals surface area contributed by atoms with Crippen molar-refractivity contribution in [3.8, 4) is 5.75 Å². The van der Waals surface area contributed by atoms with E-state index in [1.807, 2.05) is 56.3 Å². The molecule has 1 N–H and O–H groups in total. The molecular weight excluding hydrogens is 488 g/mol. The van der Waals surface area contributed by atoms with Crippen molar-refractivity contribution < 1.29 is 29.0 Å². The molecule has 0 aliphatic carbocycles. The molecule has 0 atom stereocenters. The van der Waals surface area contributed by atoms with Crippen LogP contribution in [0.1, 0.15) is 38.8 Å². The second kappa shape index (κ2) is 12.5. The van der Waals surface area contributed by atoms with Crippen molar-refractivity contribution >= 4 is 40.0 Å². The predicted molar refractivity (Wildman–Crippen MR) is 142 cm³/mol. The SMILES string of the molecule is CCN(CC)CCNCc1cc2c(c3oc4ccccc4c(=O)c13)C=CC(C)(C)O2.O=C([O-])/C=C/C(=O)[O-]. The zero-order valence-electron chi connectivity index (χ0n) is 22.0. The fourth-order valence-corrected chi connectivity index (χ4v) is 4.16. The van der Waals surface area contributed by atoms with E-state index in [-0.39, 0.29) is 5.43 Å². The molecule has 1 aliphatic heterocycles. The molecule has 0 unspecified atom stereocenters. The van der Waals surface area contributed by atoms with Crippen molar-refractivity contribution in [2.24, 2.45) is 0 Å². The number of hydrogen-bond donors (Lipinski definition) is 1. The number of rotatable bonds is 9. The summed E-state index contributed by atoms with van der Waals surface area (Å²) in [5.74, 6) is -2.34. The van der Waals surface area contributed by atoms with Crippen LogP contribution in [-0.2, 0) is 16.1 Å². The van der Waals surface area contributed by atoms with Crippen LogP contribution in [0.2, 0.25) is 0 Å². The average Bonchev–Trinajstić information content (AvgIpc) is 2.87. The van der Waals surface area contributed by atoms with Crippen LogP contribution < -0.4 is 25.7 Å². The van der Waals surface area contributed by atoms with Gasteiger partial charge in [-0.25, -0.2) is 0 Å². The summed E-state index contributed by atoms with van der Waals surface area (Å²) < 4.78 is 12.5. The van der Waals surface area contributed by atoms with Gasteiger partial charge in [-0.05, 0) is 75.0 Å². The van der Waals surface area contributed by atoms with E-state index in [0.717, 1.165) is 43.1 Å². The highest BCUT2D eigenvalue weighted by molar-refractivity contribution is 5.97. The van der Waals surface area contributed by atoms with Gasteiger partial charge in [0, 0.05) is 19.6 Å². The van der Waals surface area contributed by atoms with Gasteiger partial charge in [-0.3, -0.25) is 4.79 Å². The van der Waals surface area contributed by atoms with Crippen LogP contribution >= 0.6 is 0 Å². The van der Waals surface area contributed by atoms with Crippen LogP contribution in [0, 0.1) is 0 Å². The van der Waals surface area contributed by atoms with E-state index in [1.54, 1.807) is 0 Å². The van der Waals surface area contributed by atoms with Crippen molar-refractivity contribution in [3.63, 3.8) is 0 Å². The molecule has 2 heterocycles. The third kappa shape index (κ3) is 7.08. The summed E-state index contributed by atoms with van der Waals surface area (Å²) in [6, 6.07) is 9.43. The fourth-order valence-electron chi connectivity index (χ4n) is 4.16. The molecule has 0 saturated heterocycles. The highest BCUT2D eigenvalue weighted by Crippen LogP contribution is 2.38. The Kier molecular flexibility index (Phi) is 9.44. The molecule has 0 bridgehead atoms. The van der Waals surface area contributed by atoms with Crippen molar-refractivity contribution in [2.75, 3.05) is 26.2 Å². The first-order chi connectivity index (χ1) is 18.1. The highest BCUT2D eigenvalue weighted by atomic mass is 16.5. The number of nitrogens with one attached hydrogen (secondary N) is 1. The lowest BCUT2D eigenvalue weighted by Gasteiger charge is -2.28. The molecule has 3 aromatic rings. The van der Waals surface area contributed by atoms with Crippen molar-refractivity contribution in [2.45, 2.75) is 39.8 Å². The Morgan fingerprint density at radius 2 is 1.74 bits per heavy atom. The molecule has 0 amide bonds. The number of para-hydroxylation sites is 1. The van der Waals surface area contributed by atoms with E-state index < -0.39 is 17.5 Å². The van der Waals surface area contributed by atoms with Crippen LogP contribution in [0.3, 0.4) is 0 Å². The van der Waals surface area contributed by atoms with E-state index in [4.69, 9.17) is 9.15 Å². The number of nitrogens with zero attached hydrogens (tertiary/aromatic N) is 1. The van der Waals surface area contributed by atoms with Gasteiger partial charge in [0.2, 0.25) is 5.43 Å². The third-order valence-electron chi connectivity index (χ3n) is 6.13. The molecule has 0 radical (unpaired) electrons. The number of likely N-dealkylation sites (N-methyl/N-ethyl adjacent to an activating group) is 1. The zero-order chi connectivity index (χ0) is 27.9. The standard InChI is InChI=1S/C25H30N2O3.C4H4O4/c1-5-27(6-2)14-13-26-16-17-15-21-19(11-12-25(3,4)30-21)24-22(17)23(28)18-9-7-8-10-20(18)29-24;5-3(6)1-2-4(7)8/h7-12,15,26H,5-6,13-14,16H2,1-4H3;1-2H,(H,5,6)(H,7,8)/p-2/b;2-1+. The van der Waals surface area contributed by atoms with Crippen LogP contribution in [-0.4, -0.2) is 48.6 Å². The number of carbonyl (C=O) groups excluding carboxylic acids is 2. The predicted octanol–water partition coefficient (Wildman–Crippen LogP) is 1.60. The van der Waals surface area contributed by atoms with Crippen LogP contribution in [0.25, 0.3) is 28.0 Å². The van der Waals surface area contributed by atoms with Gasteiger partial charge in [0.15, 0.2) is 0 Å². The van der Waals surface area contributed by atoms with Gasteiger partial charge in [0.05, 0.1) is 28.3 Å². The Hall–Kier alpha value is -3.95. The number of carboxylic acid groups (broad SMARTS) is 2. The molecule has 9 heteroatoms. The van der Waals surface area contributed by atoms with E-state index in [2.05, 4.69) is 24.1 Å². The second-order valence-electron chi connectivity index (χ2n) is 9.29. The molecule has 1 aliphatic rings. The van der Waals surface area contributed by atoms with Gasteiger partial charge in [-0.15, -0.1) is 0 Å². The molecule has 0 saturated carbocycles. The van der Waals surface area contributed by atoms with Crippen LogP contribution in [0.5, 0.6) is 5.75 Å². The Labute approximate surface area is 221 Å². The number of benzene rings is 2. The molecule has 0 fully saturated rings. The topological polar surface area (TPSA) is 135 Å². The number of fused-ring (bicyclic) bond motifs is 4. The summed E-state index contributed by atoms with van der Waals surface area (Å²) in [5.41, 5.74) is 2.55. The largest absolute Gasteiger partial charge is 0.545 e. The number of carboxylic acids is 2. The Bertz CT molecular complexity index is 1420. The summed E-state index contributed by atoms with van der Waals surface area (Å²) >= 11 is 0. The van der Waals surface area contributed by atoms with Gasteiger partial charge in [0.25, 0.3) is 0 Å². The number of aliphatic carboxylic acids is 2. The molecule has 1 aromatic heterocycles. The van der Waals surface area contributed by atoms with Crippen molar-refractivity contribution in [3.05, 3.63) is 69.9 Å². The molecule has 38 heavy (non-hydrogen) atoms. The molecule has 4 rings (SSSR count). The molecule has 0 spiro atoms. The number of carbonyl (C=O) groups is 2. The zero-order valence-corrected chi connectivity index (χ0v) is 22.0. The van der Waals surface area contributed by atoms with E-state index in [0.29, 0.717) is 40.6 Å². The fraction of sp³-hybridized carbons (Fsp3) is 0.345. The van der Waals surface area contributed by atoms with Gasteiger partial charge in [-0.1, -0.05) is 26.0 Å². The third-order valence-corrected chi connectivity index (χ3v) is 6.13. The average molecular weight is 521 g/mol. The number of hydrogen-bond acceptors (Lipinski definition) is 9. The Balaban J connectivity index is 0.000000436. The number of ether oxygens (including phenoxy) is 1. The van der Waals surface area contributed by atoms with Crippen molar-refractivity contribution in [1.82, 2.24) is 10.2 Å². The van der Waals surface area contributed by atoms with Crippen LogP contribution in [0.4, 0.5) is 0 Å². The first-order valence-electron chi connectivity index (χ1n) is 12.5. The smallest absolute Gasteiger partial charge is 0.200 e. The summed E-state index contributed by atoms with van der Waals surface area (Å²) in [6.07, 6.45) is 4.78. The van der Waals surface area contributed by atoms with Gasteiger partial charge in [0.1, 0.15) is 22.5 Å². The van der Waals surface area contributed by atoms with E-state index in [1.165, 1.54) is 0 Å². The summed E-state index contributed by atoms with van der Waals surface area (Å²) in [6.45, 7) is 12.9. The Morgan fingerprint density at radius 3 is 2.37 bits per heavy atom. The summed E-state index contributed by atoms with van der Waals surface area (Å²) in [5, 5.41) is 23.6. The van der Waals surface area contributed by atoms with Gasteiger partial charge < -0.3 is 39.2 Å².